The van der Waals surface area contributed by atoms with E-state index in [4.69, 9.17) is 0 Å². The van der Waals surface area contributed by atoms with E-state index in [-0.39, 0.29) is 0 Å². The monoisotopic (exact) mass is 285 g/mol. The Bertz CT molecular complexity index is 354. The van der Waals surface area contributed by atoms with Crippen molar-refractivity contribution < 1.29 is 0 Å². The molecule has 1 aromatic heterocycles. The molecule has 1 aliphatic rings. The Morgan fingerprint density at radius 3 is 2.72 bits per heavy atom. The van der Waals surface area contributed by atoms with Crippen LogP contribution in [-0.4, -0.2) is 27.2 Å². The summed E-state index contributed by atoms with van der Waals surface area (Å²) in [5.41, 5.74) is 0. The van der Waals surface area contributed by atoms with E-state index in [0.29, 0.717) is 11.3 Å². The molecule has 1 aliphatic carbocycles. The van der Waals surface area contributed by atoms with Crippen LogP contribution in [0.15, 0.2) is 4.34 Å². The number of nitrogens with one attached hydrogen (secondary N) is 1. The molecule has 2 rings (SSSR count). The minimum absolute atomic E-state index is 0.643. The normalized spacial score (nSPS) is 25.7. The fraction of sp³-hybridized carbons (Fsp3) is 0.846. The zero-order chi connectivity index (χ0) is 12.8. The first kappa shape index (κ1) is 14.3. The number of rotatable bonds is 4. The van der Waals surface area contributed by atoms with Crippen molar-refractivity contribution in [3.63, 3.8) is 0 Å². The highest BCUT2D eigenvalue weighted by molar-refractivity contribution is 8.01. The predicted molar refractivity (Wildman–Crippen MR) is 79.5 cm³/mol. The van der Waals surface area contributed by atoms with Gasteiger partial charge < -0.3 is 5.32 Å². The fourth-order valence-corrected chi connectivity index (χ4v) is 4.75. The Labute approximate surface area is 118 Å². The van der Waals surface area contributed by atoms with E-state index in [2.05, 4.69) is 21.6 Å². The Hall–Kier alpha value is -0.130. The van der Waals surface area contributed by atoms with Gasteiger partial charge in [-0.3, -0.25) is 0 Å². The summed E-state index contributed by atoms with van der Waals surface area (Å²) >= 11 is 3.49. The quantitative estimate of drug-likeness (QED) is 0.916. The Kier molecular flexibility index (Phi) is 5.92. The maximum absolute atomic E-state index is 4.50. The molecule has 0 radical (unpaired) electrons. The van der Waals surface area contributed by atoms with Crippen LogP contribution in [0.2, 0.25) is 0 Å². The van der Waals surface area contributed by atoms with Gasteiger partial charge in [-0.25, -0.2) is 4.98 Å². The summed E-state index contributed by atoms with van der Waals surface area (Å²) in [5, 5.41) is 4.33. The van der Waals surface area contributed by atoms with Gasteiger partial charge in [0.05, 0.1) is 0 Å². The second-order valence-electron chi connectivity index (χ2n) is 4.92. The summed E-state index contributed by atoms with van der Waals surface area (Å²) in [7, 11) is 0. The Morgan fingerprint density at radius 1 is 1.28 bits per heavy atom. The molecule has 0 spiro atoms. The van der Waals surface area contributed by atoms with Crippen molar-refractivity contribution in [1.82, 2.24) is 14.7 Å². The number of hydrogen-bond donors (Lipinski definition) is 1. The van der Waals surface area contributed by atoms with Gasteiger partial charge in [0.25, 0.3) is 0 Å². The second kappa shape index (κ2) is 7.46. The minimum Gasteiger partial charge on any atom is -0.313 e. The van der Waals surface area contributed by atoms with Crippen molar-refractivity contribution in [3.05, 3.63) is 5.82 Å². The SMILES string of the molecule is CCNC1CCCCCCC1Sc1nc(C)ns1. The van der Waals surface area contributed by atoms with Gasteiger partial charge >= 0.3 is 0 Å². The van der Waals surface area contributed by atoms with E-state index in [1.165, 1.54) is 38.5 Å². The number of aromatic nitrogens is 2. The van der Waals surface area contributed by atoms with Crippen molar-refractivity contribution in [2.24, 2.45) is 0 Å². The number of aryl methyl sites for hydroxylation is 1. The topological polar surface area (TPSA) is 37.8 Å². The van der Waals surface area contributed by atoms with E-state index in [1.807, 2.05) is 18.7 Å². The lowest BCUT2D eigenvalue weighted by atomic mass is 9.96. The number of hydrogen-bond acceptors (Lipinski definition) is 5. The van der Waals surface area contributed by atoms with Crippen LogP contribution in [0.1, 0.15) is 51.3 Å². The predicted octanol–water partition coefficient (Wildman–Crippen LogP) is 3.64. The molecule has 0 amide bonds. The summed E-state index contributed by atoms with van der Waals surface area (Å²) < 4.78 is 5.42. The summed E-state index contributed by atoms with van der Waals surface area (Å²) in [6, 6.07) is 0.643. The third kappa shape index (κ3) is 4.21. The van der Waals surface area contributed by atoms with Crippen LogP contribution in [0.4, 0.5) is 0 Å². The molecule has 5 heteroatoms. The lowest BCUT2D eigenvalue weighted by Crippen LogP contribution is -2.38. The molecule has 1 N–H and O–H groups in total. The van der Waals surface area contributed by atoms with E-state index < -0.39 is 0 Å². The second-order valence-corrected chi connectivity index (χ2v) is 7.16. The lowest BCUT2D eigenvalue weighted by molar-refractivity contribution is 0.406. The third-order valence-corrected chi connectivity index (χ3v) is 5.71. The average Bonchev–Trinajstić information content (AvgIpc) is 2.73. The number of thioether (sulfide) groups is 1. The van der Waals surface area contributed by atoms with Crippen LogP contribution in [0.3, 0.4) is 0 Å². The van der Waals surface area contributed by atoms with Gasteiger partial charge in [0, 0.05) is 11.3 Å². The van der Waals surface area contributed by atoms with Gasteiger partial charge in [-0.15, -0.1) is 0 Å². The van der Waals surface area contributed by atoms with Gasteiger partial charge in [-0.1, -0.05) is 44.4 Å². The molecular formula is C13H23N3S2. The van der Waals surface area contributed by atoms with Crippen LogP contribution in [0.25, 0.3) is 0 Å². The van der Waals surface area contributed by atoms with Crippen molar-refractivity contribution in [1.29, 1.82) is 0 Å². The summed E-state index contributed by atoms with van der Waals surface area (Å²) in [5.74, 6) is 0.911. The number of nitrogens with zero attached hydrogens (tertiary/aromatic N) is 2. The summed E-state index contributed by atoms with van der Waals surface area (Å²) in [6.45, 7) is 5.24. The highest BCUT2D eigenvalue weighted by Gasteiger charge is 2.24. The zero-order valence-electron chi connectivity index (χ0n) is 11.3. The molecule has 1 fully saturated rings. The van der Waals surface area contributed by atoms with Gasteiger partial charge in [0.15, 0.2) is 4.34 Å². The molecule has 18 heavy (non-hydrogen) atoms. The maximum atomic E-state index is 4.50. The molecule has 2 unspecified atom stereocenters. The van der Waals surface area contributed by atoms with Gasteiger partial charge in [0.1, 0.15) is 5.82 Å². The minimum atomic E-state index is 0.643. The first-order chi connectivity index (χ1) is 8.79. The van der Waals surface area contributed by atoms with E-state index >= 15 is 0 Å². The highest BCUT2D eigenvalue weighted by Crippen LogP contribution is 2.33. The summed E-state index contributed by atoms with van der Waals surface area (Å²) in [4.78, 5) is 4.50. The molecule has 2 atom stereocenters. The van der Waals surface area contributed by atoms with Crippen molar-refractivity contribution in [2.75, 3.05) is 6.54 Å². The Balaban J connectivity index is 1.99. The van der Waals surface area contributed by atoms with Gasteiger partial charge in [-0.05, 0) is 37.8 Å². The fourth-order valence-electron chi connectivity index (χ4n) is 2.54. The lowest BCUT2D eigenvalue weighted by Gasteiger charge is -2.28. The zero-order valence-corrected chi connectivity index (χ0v) is 12.9. The molecular weight excluding hydrogens is 262 g/mol. The van der Waals surface area contributed by atoms with Crippen molar-refractivity contribution in [3.8, 4) is 0 Å². The first-order valence-electron chi connectivity index (χ1n) is 7.00. The van der Waals surface area contributed by atoms with Crippen LogP contribution in [-0.2, 0) is 0 Å². The molecule has 0 bridgehead atoms. The molecule has 1 heterocycles. The average molecular weight is 285 g/mol. The molecule has 1 saturated carbocycles. The molecule has 102 valence electrons. The van der Waals surface area contributed by atoms with Crippen LogP contribution in [0.5, 0.6) is 0 Å². The standard InChI is InChI=1S/C13H23N3S2/c1-3-14-11-8-6-4-5-7-9-12(11)17-13-15-10(2)16-18-13/h11-12,14H,3-9H2,1-2H3. The smallest absolute Gasteiger partial charge is 0.170 e. The van der Waals surface area contributed by atoms with Gasteiger partial charge in [-0.2, -0.15) is 4.37 Å². The molecule has 0 aliphatic heterocycles. The maximum Gasteiger partial charge on any atom is 0.170 e. The molecule has 3 nitrogen and oxygen atoms in total. The van der Waals surface area contributed by atoms with E-state index in [9.17, 15) is 0 Å². The van der Waals surface area contributed by atoms with Crippen LogP contribution < -0.4 is 5.32 Å². The molecule has 1 aromatic rings. The van der Waals surface area contributed by atoms with Gasteiger partial charge in [0.2, 0.25) is 0 Å². The molecule has 0 aromatic carbocycles. The van der Waals surface area contributed by atoms with E-state index in [0.717, 1.165) is 16.7 Å². The molecule has 0 saturated heterocycles. The Morgan fingerprint density at radius 2 is 2.06 bits per heavy atom. The van der Waals surface area contributed by atoms with Crippen molar-refractivity contribution in [2.45, 2.75) is 68.0 Å². The van der Waals surface area contributed by atoms with Crippen molar-refractivity contribution >= 4 is 23.3 Å². The third-order valence-electron chi connectivity index (χ3n) is 3.43. The summed E-state index contributed by atoms with van der Waals surface area (Å²) in [6.07, 6.45) is 8.13. The first-order valence-corrected chi connectivity index (χ1v) is 8.65. The van der Waals surface area contributed by atoms with E-state index in [1.54, 1.807) is 11.5 Å². The largest absolute Gasteiger partial charge is 0.313 e. The highest BCUT2D eigenvalue weighted by atomic mass is 32.2. The van der Waals surface area contributed by atoms with Crippen LogP contribution >= 0.6 is 23.3 Å². The van der Waals surface area contributed by atoms with Crippen LogP contribution in [0, 0.1) is 6.92 Å².